The maximum absolute atomic E-state index is 13.3. The van der Waals surface area contributed by atoms with Crippen LogP contribution < -0.4 is 65.9 Å². The van der Waals surface area contributed by atoms with Gasteiger partial charge in [0.15, 0.2) is 17.9 Å². The molecule has 19 nitrogen and oxygen atoms in total. The molecular formula is C67H75N15O4. The number of amides is 7. The quantitative estimate of drug-likeness (QED) is 0.0221. The molecule has 0 aliphatic carbocycles. The second kappa shape index (κ2) is 34.0. The van der Waals surface area contributed by atoms with Crippen LogP contribution in [0.3, 0.4) is 0 Å². The lowest BCUT2D eigenvalue weighted by Gasteiger charge is -2.20. The van der Waals surface area contributed by atoms with Crippen LogP contribution in [0.2, 0.25) is 0 Å². The van der Waals surface area contributed by atoms with Crippen LogP contribution in [0.1, 0.15) is 78.7 Å². The lowest BCUT2D eigenvalue weighted by atomic mass is 9.91. The van der Waals surface area contributed by atoms with E-state index >= 15 is 0 Å². The Bertz CT molecular complexity index is 3490. The van der Waals surface area contributed by atoms with E-state index in [9.17, 15) is 19.2 Å². The van der Waals surface area contributed by atoms with E-state index in [1.54, 1.807) is 0 Å². The summed E-state index contributed by atoms with van der Waals surface area (Å²) in [6.07, 6.45) is 1.30. The van der Waals surface area contributed by atoms with Gasteiger partial charge in [-0.25, -0.2) is 29.4 Å². The first-order valence-corrected chi connectivity index (χ1v) is 28.1. The molecule has 0 bridgehead atoms. The Morgan fingerprint density at radius 1 is 0.360 bits per heavy atom. The van der Waals surface area contributed by atoms with Crippen molar-refractivity contribution in [1.82, 2.24) is 37.2 Å². The van der Waals surface area contributed by atoms with E-state index in [2.05, 4.69) is 64.3 Å². The molecule has 442 valence electrons. The zero-order chi connectivity index (χ0) is 60.7. The van der Waals surface area contributed by atoms with Crippen molar-refractivity contribution in [1.29, 1.82) is 0 Å². The van der Waals surface area contributed by atoms with Crippen LogP contribution in [0.15, 0.2) is 233 Å². The highest BCUT2D eigenvalue weighted by atomic mass is 16.2. The number of benzene rings is 8. The molecule has 2 atom stereocenters. The summed E-state index contributed by atoms with van der Waals surface area (Å²) in [5, 5.41) is 19.7. The van der Waals surface area contributed by atoms with Gasteiger partial charge in [0.25, 0.3) is 0 Å². The molecule has 17 N–H and O–H groups in total. The predicted molar refractivity (Wildman–Crippen MR) is 340 cm³/mol. The molecule has 2 unspecified atom stereocenters. The molecule has 7 amide bonds. The minimum atomic E-state index is -0.459. The average Bonchev–Trinajstić information content (AvgIpc) is 3.65. The van der Waals surface area contributed by atoms with E-state index in [0.717, 1.165) is 66.8 Å². The fraction of sp³-hybridized carbons (Fsp3) is 0.179. The van der Waals surface area contributed by atoms with Gasteiger partial charge in [-0.15, -0.1) is 0 Å². The van der Waals surface area contributed by atoms with Crippen molar-refractivity contribution in [2.45, 2.75) is 77.2 Å². The van der Waals surface area contributed by atoms with Gasteiger partial charge >= 0.3 is 18.1 Å². The highest BCUT2D eigenvalue weighted by Crippen LogP contribution is 2.23. The molecule has 0 saturated carbocycles. The van der Waals surface area contributed by atoms with Gasteiger partial charge in [0.05, 0.1) is 31.6 Å². The smallest absolute Gasteiger partial charge is 0.321 e. The van der Waals surface area contributed by atoms with E-state index in [1.807, 2.05) is 206 Å². The first-order valence-electron chi connectivity index (χ1n) is 28.1. The van der Waals surface area contributed by atoms with E-state index in [0.29, 0.717) is 52.1 Å². The first kappa shape index (κ1) is 62.8. The van der Waals surface area contributed by atoms with Crippen LogP contribution in [-0.4, -0.2) is 41.9 Å². The lowest BCUT2D eigenvalue weighted by molar-refractivity contribution is -0.122. The predicted octanol–water partition coefficient (Wildman–Crippen LogP) is 7.66. The number of carbonyl (C=O) groups is 4. The topological polar surface area (TPSA) is 320 Å². The van der Waals surface area contributed by atoms with Gasteiger partial charge in [0.2, 0.25) is 5.91 Å². The molecule has 0 fully saturated rings. The Kier molecular flexibility index (Phi) is 24.8. The minimum absolute atomic E-state index is 0.00553. The second-order valence-corrected chi connectivity index (χ2v) is 20.1. The van der Waals surface area contributed by atoms with Crippen molar-refractivity contribution < 1.29 is 19.2 Å². The zero-order valence-corrected chi connectivity index (χ0v) is 47.9. The van der Waals surface area contributed by atoms with Crippen LogP contribution in [0, 0.1) is 0 Å². The van der Waals surface area contributed by atoms with Gasteiger partial charge in [-0.1, -0.05) is 218 Å². The highest BCUT2D eigenvalue weighted by Gasteiger charge is 2.21. The Hall–Kier alpha value is -10.8. The Balaban J connectivity index is 0.000000247. The zero-order valence-electron chi connectivity index (χ0n) is 47.9. The number of nitrogens with one attached hydrogen (secondary N) is 7. The molecule has 0 aromatic heterocycles. The van der Waals surface area contributed by atoms with Crippen molar-refractivity contribution in [3.8, 4) is 0 Å². The van der Waals surface area contributed by atoms with Gasteiger partial charge in [0, 0.05) is 32.7 Å². The molecular weight excluding hydrogens is 1080 g/mol. The van der Waals surface area contributed by atoms with E-state index in [1.165, 1.54) is 0 Å². The highest BCUT2D eigenvalue weighted by molar-refractivity contribution is 5.96. The third-order valence-corrected chi connectivity index (χ3v) is 13.5. The molecule has 0 spiro atoms. The van der Waals surface area contributed by atoms with Crippen molar-refractivity contribution in [2.24, 2.45) is 43.6 Å². The summed E-state index contributed by atoms with van der Waals surface area (Å²) in [5.74, 6) is -0.268. The fourth-order valence-electron chi connectivity index (χ4n) is 8.92. The second-order valence-electron chi connectivity index (χ2n) is 20.1. The number of urea groups is 3. The summed E-state index contributed by atoms with van der Waals surface area (Å²) in [6.45, 7) is 2.82. The number of nitrogens with two attached hydrogens (primary N) is 5. The van der Waals surface area contributed by atoms with E-state index in [-0.39, 0.29) is 54.9 Å². The minimum Gasteiger partial charge on any atom is -0.370 e. The summed E-state index contributed by atoms with van der Waals surface area (Å²) in [6, 6.07) is 69.2. The maximum Gasteiger partial charge on any atom is 0.321 e. The summed E-state index contributed by atoms with van der Waals surface area (Å²) < 4.78 is 0. The number of guanidine groups is 3. The van der Waals surface area contributed by atoms with Crippen molar-refractivity contribution in [3.05, 3.63) is 285 Å². The Morgan fingerprint density at radius 2 is 0.744 bits per heavy atom. The molecule has 8 rings (SSSR count). The van der Waals surface area contributed by atoms with Crippen LogP contribution in [0.5, 0.6) is 0 Å². The number of hydrogen-bond acceptors (Lipinski definition) is 8. The van der Waals surface area contributed by atoms with Crippen molar-refractivity contribution >= 4 is 41.9 Å². The average molecular weight is 1150 g/mol. The molecule has 0 radical (unpaired) electrons. The largest absolute Gasteiger partial charge is 0.370 e. The molecule has 0 saturated heterocycles. The van der Waals surface area contributed by atoms with E-state index < -0.39 is 12.1 Å². The molecule has 0 aliphatic rings. The van der Waals surface area contributed by atoms with Crippen LogP contribution in [0.25, 0.3) is 0 Å². The molecule has 8 aromatic rings. The number of aliphatic imine (C=N–C) groups is 3. The normalized spacial score (nSPS) is 11.7. The monoisotopic (exact) mass is 1150 g/mol. The number of nitrogens with zero attached hydrogens (tertiary/aromatic N) is 3. The number of hydrogen-bond donors (Lipinski definition) is 12. The Labute approximate surface area is 502 Å². The molecule has 19 heteroatoms. The summed E-state index contributed by atoms with van der Waals surface area (Å²) in [4.78, 5) is 63.0. The lowest BCUT2D eigenvalue weighted by Crippen LogP contribution is -2.43. The van der Waals surface area contributed by atoms with Gasteiger partial charge in [-0.05, 0) is 79.6 Å². The maximum atomic E-state index is 13.3. The number of rotatable bonds is 23. The van der Waals surface area contributed by atoms with Crippen LogP contribution in [-0.2, 0) is 70.0 Å². The third kappa shape index (κ3) is 22.5. The van der Waals surface area contributed by atoms with Gasteiger partial charge in [-0.3, -0.25) is 15.4 Å². The van der Waals surface area contributed by atoms with Gasteiger partial charge in [0.1, 0.15) is 0 Å². The molecule has 86 heavy (non-hydrogen) atoms. The summed E-state index contributed by atoms with van der Waals surface area (Å²) >= 11 is 0. The third-order valence-electron chi connectivity index (χ3n) is 13.5. The molecule has 0 heterocycles. The van der Waals surface area contributed by atoms with E-state index in [4.69, 9.17) is 28.7 Å². The molecule has 0 aliphatic heterocycles. The van der Waals surface area contributed by atoms with Gasteiger partial charge < -0.3 is 55.3 Å². The summed E-state index contributed by atoms with van der Waals surface area (Å²) in [5.41, 5.74) is 40.0. The first-order chi connectivity index (χ1) is 41.8. The summed E-state index contributed by atoms with van der Waals surface area (Å²) in [7, 11) is 0. The van der Waals surface area contributed by atoms with Crippen LogP contribution >= 0.6 is 0 Å². The molecule has 8 aromatic carbocycles. The van der Waals surface area contributed by atoms with Gasteiger partial charge in [-0.2, -0.15) is 0 Å². The number of carbonyl (C=O) groups excluding carboxylic acids is 4. The standard InChI is InChI=1S/C34H39N9O2.C33H36N6O2/c35-31(36)38-20-25-11-15-28(16-12-25)23-41-34(45)43-32(37)39-21-26-13-17-27(18-14-26)22-40-33(44)42-30(29-9-5-2-6-10-29)19-24-7-3-1-4-8-24;34-20-25-11-7-12-26(17-25)23-38-33(41)39-32(35)37-22-28-14-8-13-27(18-28)21-36-31(40)30(29-15-5-2-6-16-29)19-24-9-3-1-4-10-24/h1-18,30H,19-23H2,(H4,35,36,38)(H2,40,42,44)(H4,37,39,41,43,45);1-18,30H,19-23,34H2,(H,36,40)(H4,35,37,38,39,41). The van der Waals surface area contributed by atoms with Crippen molar-refractivity contribution in [2.75, 3.05) is 0 Å². The Morgan fingerprint density at radius 3 is 1.26 bits per heavy atom. The SMILES string of the molecule is NC(N)=NCc1ccc(CNC(=O)NC(N)=NCc2ccc(CNC(=O)NC(Cc3ccccc3)c3ccccc3)cc2)cc1.NCc1cccc(CNC(=O)NC(N)=NCc2cccc(CNC(=O)C(Cc3ccccc3)c3ccccc3)c2)c1. The van der Waals surface area contributed by atoms with Crippen molar-refractivity contribution in [3.63, 3.8) is 0 Å². The van der Waals surface area contributed by atoms with Crippen LogP contribution in [0.4, 0.5) is 14.4 Å². The fourth-order valence-corrected chi connectivity index (χ4v) is 8.92.